The molecule has 39 heavy (non-hydrogen) atoms. The molecule has 2 saturated heterocycles. The third kappa shape index (κ3) is 5.39. The minimum Gasteiger partial charge on any atom is -0.378 e. The Bertz CT molecular complexity index is 1460. The highest BCUT2D eigenvalue weighted by atomic mass is 32.1. The first kappa shape index (κ1) is 25.5. The Morgan fingerprint density at radius 2 is 1.87 bits per heavy atom. The zero-order valence-electron chi connectivity index (χ0n) is 21.5. The lowest BCUT2D eigenvalue weighted by molar-refractivity contribution is -0.110. The highest BCUT2D eigenvalue weighted by Crippen LogP contribution is 2.42. The zero-order valence-corrected chi connectivity index (χ0v) is 22.4. The molecule has 6 rings (SSSR count). The van der Waals surface area contributed by atoms with Gasteiger partial charge in [0, 0.05) is 55.2 Å². The third-order valence-corrected chi connectivity index (χ3v) is 8.13. The number of nitrogens with one attached hydrogen (secondary N) is 1. The quantitative estimate of drug-likeness (QED) is 0.327. The summed E-state index contributed by atoms with van der Waals surface area (Å²) < 4.78 is 12.4. The number of carbonyl (C=O) groups is 1. The largest absolute Gasteiger partial charge is 0.378 e. The summed E-state index contributed by atoms with van der Waals surface area (Å²) in [5, 5.41) is 3.32. The second-order valence-electron chi connectivity index (χ2n) is 9.40. The molecular formula is C26H29N9O3S. The molecule has 0 aromatic carbocycles. The Labute approximate surface area is 229 Å². The van der Waals surface area contributed by atoms with Gasteiger partial charge in [-0.25, -0.2) is 24.9 Å². The lowest BCUT2D eigenvalue weighted by atomic mass is 10.1. The topological polar surface area (TPSA) is 145 Å². The number of nitrogens with zero attached hydrogens (tertiary/aromatic N) is 7. The van der Waals surface area contributed by atoms with Crippen LogP contribution < -0.4 is 16.0 Å². The van der Waals surface area contributed by atoms with Crippen molar-refractivity contribution in [2.24, 2.45) is 0 Å². The Kier molecular flexibility index (Phi) is 7.28. The molecule has 2 fully saturated rings. The summed E-state index contributed by atoms with van der Waals surface area (Å²) in [5.74, 6) is 2.37. The van der Waals surface area contributed by atoms with Crippen LogP contribution in [0.3, 0.4) is 0 Å². The minimum atomic E-state index is -0.217. The summed E-state index contributed by atoms with van der Waals surface area (Å²) in [6.07, 6.45) is 5.87. The fourth-order valence-corrected chi connectivity index (χ4v) is 6.01. The summed E-state index contributed by atoms with van der Waals surface area (Å²) >= 11 is 1.67. The lowest BCUT2D eigenvalue weighted by Crippen LogP contribution is -2.46. The highest BCUT2D eigenvalue weighted by Gasteiger charge is 2.24. The van der Waals surface area contributed by atoms with Crippen LogP contribution in [0.4, 0.5) is 17.6 Å². The monoisotopic (exact) mass is 547 g/mol. The fraction of sp³-hybridized carbons (Fsp3) is 0.385. The van der Waals surface area contributed by atoms with E-state index in [1.165, 1.54) is 0 Å². The van der Waals surface area contributed by atoms with Crippen molar-refractivity contribution in [1.82, 2.24) is 29.8 Å². The van der Waals surface area contributed by atoms with Gasteiger partial charge in [-0.2, -0.15) is 0 Å². The summed E-state index contributed by atoms with van der Waals surface area (Å²) in [6.45, 7) is 7.24. The maximum atomic E-state index is 10.9. The first-order valence-corrected chi connectivity index (χ1v) is 13.6. The Morgan fingerprint density at radius 3 is 2.62 bits per heavy atom. The number of hydrogen-bond donors (Lipinski definition) is 2. The van der Waals surface area contributed by atoms with Gasteiger partial charge in [0.05, 0.1) is 42.1 Å². The fourth-order valence-electron chi connectivity index (χ4n) is 4.76. The van der Waals surface area contributed by atoms with E-state index in [-0.39, 0.29) is 12.2 Å². The van der Waals surface area contributed by atoms with E-state index in [0.717, 1.165) is 63.8 Å². The second kappa shape index (κ2) is 11.1. The molecule has 1 unspecified atom stereocenters. The average molecular weight is 548 g/mol. The molecule has 13 heteroatoms. The standard InChI is InChI=1S/C26H29N9O3S/c1-16-21-23(25(35-6-9-37-10-7-35)33-24(32-21)18-13-29-26(27)30-14-18)39-22(16)17-2-3-19(28-12-17)31-20-15-34(4-8-36)5-11-38-20/h2-3,8,12-14,20H,4-7,9-11,15H2,1H3,(H,28,31)(H2,27,29,30). The van der Waals surface area contributed by atoms with Crippen LogP contribution in [0, 0.1) is 6.92 Å². The number of ether oxygens (including phenoxy) is 2. The SMILES string of the molecule is Cc1c(-c2ccc(NC3CN(CC=O)CCO3)nc2)sc2c(N3CCOCC3)nc(-c3cnc(N)nc3)nc12. The van der Waals surface area contributed by atoms with E-state index in [1.54, 1.807) is 23.7 Å². The van der Waals surface area contributed by atoms with Crippen LogP contribution >= 0.6 is 11.3 Å². The molecule has 2 aliphatic heterocycles. The zero-order chi connectivity index (χ0) is 26.8. The summed E-state index contributed by atoms with van der Waals surface area (Å²) in [5.41, 5.74) is 9.36. The molecule has 12 nitrogen and oxygen atoms in total. The number of carbonyl (C=O) groups excluding carboxylic acids is 1. The maximum absolute atomic E-state index is 10.9. The molecular weight excluding hydrogens is 518 g/mol. The van der Waals surface area contributed by atoms with E-state index in [1.807, 2.05) is 12.3 Å². The van der Waals surface area contributed by atoms with Crippen molar-refractivity contribution >= 4 is 45.4 Å². The van der Waals surface area contributed by atoms with Gasteiger partial charge in [0.25, 0.3) is 0 Å². The van der Waals surface area contributed by atoms with Crippen LogP contribution in [0.2, 0.25) is 0 Å². The van der Waals surface area contributed by atoms with Crippen LogP contribution in [-0.2, 0) is 14.3 Å². The van der Waals surface area contributed by atoms with Gasteiger partial charge in [-0.15, -0.1) is 11.3 Å². The average Bonchev–Trinajstić information content (AvgIpc) is 3.30. The van der Waals surface area contributed by atoms with Crippen molar-refractivity contribution in [1.29, 1.82) is 0 Å². The number of aryl methyl sites for hydroxylation is 1. The maximum Gasteiger partial charge on any atom is 0.219 e. The molecule has 0 aliphatic carbocycles. The molecule has 0 bridgehead atoms. The highest BCUT2D eigenvalue weighted by molar-refractivity contribution is 7.23. The van der Waals surface area contributed by atoms with Crippen molar-refractivity contribution in [3.05, 3.63) is 36.3 Å². The van der Waals surface area contributed by atoms with Crippen molar-refractivity contribution in [3.63, 3.8) is 0 Å². The number of fused-ring (bicyclic) bond motifs is 1. The number of thiophene rings is 1. The van der Waals surface area contributed by atoms with Crippen LogP contribution in [0.15, 0.2) is 30.7 Å². The van der Waals surface area contributed by atoms with Crippen molar-refractivity contribution in [3.8, 4) is 21.8 Å². The number of nitrogens with two attached hydrogens (primary N) is 1. The van der Waals surface area contributed by atoms with Crippen LogP contribution in [0.1, 0.15) is 5.56 Å². The van der Waals surface area contributed by atoms with Gasteiger partial charge in [-0.3, -0.25) is 4.90 Å². The molecule has 4 aromatic heterocycles. The minimum absolute atomic E-state index is 0.209. The third-order valence-electron chi connectivity index (χ3n) is 6.81. The second-order valence-corrected chi connectivity index (χ2v) is 10.4. The Balaban J connectivity index is 1.32. The molecule has 0 amide bonds. The van der Waals surface area contributed by atoms with Gasteiger partial charge in [0.15, 0.2) is 11.6 Å². The number of nitrogen functional groups attached to an aromatic ring is 1. The van der Waals surface area contributed by atoms with E-state index in [9.17, 15) is 4.79 Å². The molecule has 0 saturated carbocycles. The number of hydrogen-bond acceptors (Lipinski definition) is 13. The van der Waals surface area contributed by atoms with E-state index in [2.05, 4.69) is 43.1 Å². The van der Waals surface area contributed by atoms with Crippen LogP contribution in [-0.4, -0.2) is 94.9 Å². The lowest BCUT2D eigenvalue weighted by Gasteiger charge is -2.32. The predicted octanol–water partition coefficient (Wildman–Crippen LogP) is 2.21. The molecule has 2 aliphatic rings. The summed E-state index contributed by atoms with van der Waals surface area (Å²) in [6, 6.07) is 4.00. The predicted molar refractivity (Wildman–Crippen MR) is 150 cm³/mol. The molecule has 1 atom stereocenters. The number of pyridine rings is 1. The Morgan fingerprint density at radius 1 is 1.08 bits per heavy atom. The van der Waals surface area contributed by atoms with Gasteiger partial charge in [0.1, 0.15) is 18.3 Å². The van der Waals surface area contributed by atoms with Gasteiger partial charge < -0.3 is 30.2 Å². The van der Waals surface area contributed by atoms with Crippen LogP contribution in [0.25, 0.3) is 32.0 Å². The smallest absolute Gasteiger partial charge is 0.219 e. The molecule has 202 valence electrons. The molecule has 6 heterocycles. The summed E-state index contributed by atoms with van der Waals surface area (Å²) in [7, 11) is 0. The van der Waals surface area contributed by atoms with E-state index in [0.29, 0.717) is 44.3 Å². The van der Waals surface area contributed by atoms with Gasteiger partial charge in [-0.05, 0) is 24.6 Å². The first-order chi connectivity index (χ1) is 19.1. The van der Waals surface area contributed by atoms with Crippen LogP contribution in [0.5, 0.6) is 0 Å². The number of morpholine rings is 2. The first-order valence-electron chi connectivity index (χ1n) is 12.8. The van der Waals surface area contributed by atoms with Gasteiger partial charge >= 0.3 is 0 Å². The molecule has 0 spiro atoms. The van der Waals surface area contributed by atoms with Gasteiger partial charge in [0.2, 0.25) is 5.95 Å². The number of aldehydes is 1. The molecule has 4 aromatic rings. The number of aromatic nitrogens is 5. The molecule has 3 N–H and O–H groups in total. The van der Waals surface area contributed by atoms with Crippen molar-refractivity contribution in [2.75, 3.05) is 68.5 Å². The van der Waals surface area contributed by atoms with E-state index in [4.69, 9.17) is 25.2 Å². The Hall–Kier alpha value is -3.78. The van der Waals surface area contributed by atoms with E-state index < -0.39 is 0 Å². The molecule has 0 radical (unpaired) electrons. The number of rotatable bonds is 7. The van der Waals surface area contributed by atoms with Crippen molar-refractivity contribution in [2.45, 2.75) is 13.2 Å². The van der Waals surface area contributed by atoms with E-state index >= 15 is 0 Å². The van der Waals surface area contributed by atoms with Crippen molar-refractivity contribution < 1.29 is 14.3 Å². The number of anilines is 3. The normalized spacial score (nSPS) is 18.4. The van der Waals surface area contributed by atoms with Gasteiger partial charge in [-0.1, -0.05) is 0 Å². The summed E-state index contributed by atoms with van der Waals surface area (Å²) in [4.78, 5) is 39.1.